The molecular formula is C25H29N3O5. The second-order valence-electron chi connectivity index (χ2n) is 8.53. The Morgan fingerprint density at radius 2 is 2.00 bits per heavy atom. The highest BCUT2D eigenvalue weighted by Crippen LogP contribution is 2.30. The number of aliphatic hydroxyl groups excluding tert-OH is 1. The number of oxime groups is 1. The van der Waals surface area contributed by atoms with Crippen molar-refractivity contribution in [2.24, 2.45) is 5.16 Å². The van der Waals surface area contributed by atoms with Gasteiger partial charge in [0.15, 0.2) is 0 Å². The van der Waals surface area contributed by atoms with Crippen molar-refractivity contribution in [3.05, 3.63) is 58.7 Å². The van der Waals surface area contributed by atoms with E-state index in [1.807, 2.05) is 38.1 Å². The molecule has 2 aliphatic rings. The van der Waals surface area contributed by atoms with Gasteiger partial charge in [0.2, 0.25) is 0 Å². The molecule has 2 aliphatic heterocycles. The van der Waals surface area contributed by atoms with Gasteiger partial charge in [-0.05, 0) is 48.2 Å². The van der Waals surface area contributed by atoms with E-state index in [1.54, 1.807) is 17.0 Å². The van der Waals surface area contributed by atoms with Crippen molar-refractivity contribution >= 4 is 17.5 Å². The van der Waals surface area contributed by atoms with E-state index < -0.39 is 0 Å². The Morgan fingerprint density at radius 3 is 2.67 bits per heavy atom. The summed E-state index contributed by atoms with van der Waals surface area (Å²) in [5, 5.41) is 16.7. The Hall–Kier alpha value is -3.23. The van der Waals surface area contributed by atoms with Crippen LogP contribution in [0, 0.1) is 13.8 Å². The van der Waals surface area contributed by atoms with Crippen molar-refractivity contribution < 1.29 is 24.3 Å². The van der Waals surface area contributed by atoms with E-state index in [4.69, 9.17) is 9.57 Å². The van der Waals surface area contributed by atoms with Gasteiger partial charge in [-0.2, -0.15) is 0 Å². The van der Waals surface area contributed by atoms with Gasteiger partial charge in [-0.25, -0.2) is 0 Å². The standard InChI is InChI=1S/C25H29N3O5/c1-15-5-4-6-21(16(15)2)22-8-7-17(9-23(22)24(30)26-19-13-33-14-19)25(31)28-11-18(27-32-3)10-20(28)12-29/h4-9,19-20,29H,10-14H2,1-3H3,(H,26,30)/b27-18-. The number of ether oxygens (including phenoxy) is 1. The minimum Gasteiger partial charge on any atom is -0.399 e. The van der Waals surface area contributed by atoms with Gasteiger partial charge in [-0.1, -0.05) is 29.4 Å². The average Bonchev–Trinajstić information content (AvgIpc) is 3.20. The minimum atomic E-state index is -0.380. The van der Waals surface area contributed by atoms with E-state index in [0.29, 0.717) is 36.5 Å². The Morgan fingerprint density at radius 1 is 1.21 bits per heavy atom. The zero-order valence-electron chi connectivity index (χ0n) is 19.1. The van der Waals surface area contributed by atoms with Crippen molar-refractivity contribution in [2.75, 3.05) is 33.5 Å². The number of carbonyl (C=O) groups excluding carboxylic acids is 2. The van der Waals surface area contributed by atoms with E-state index in [2.05, 4.69) is 10.5 Å². The number of likely N-dealkylation sites (tertiary alicyclic amines) is 1. The van der Waals surface area contributed by atoms with Crippen molar-refractivity contribution in [1.82, 2.24) is 10.2 Å². The van der Waals surface area contributed by atoms with Gasteiger partial charge in [0, 0.05) is 17.5 Å². The second-order valence-corrected chi connectivity index (χ2v) is 8.53. The normalized spacial score (nSPS) is 19.5. The van der Waals surface area contributed by atoms with Crippen LogP contribution in [0.15, 0.2) is 41.6 Å². The lowest BCUT2D eigenvalue weighted by molar-refractivity contribution is -0.00345. The third kappa shape index (κ3) is 4.62. The fourth-order valence-corrected chi connectivity index (χ4v) is 4.26. The maximum atomic E-state index is 13.4. The van der Waals surface area contributed by atoms with Gasteiger partial charge < -0.3 is 24.9 Å². The summed E-state index contributed by atoms with van der Waals surface area (Å²) in [4.78, 5) is 33.0. The van der Waals surface area contributed by atoms with Crippen molar-refractivity contribution in [1.29, 1.82) is 0 Å². The molecule has 2 aromatic rings. The molecule has 0 radical (unpaired) electrons. The smallest absolute Gasteiger partial charge is 0.254 e. The van der Waals surface area contributed by atoms with Gasteiger partial charge in [-0.3, -0.25) is 9.59 Å². The molecule has 2 aromatic carbocycles. The van der Waals surface area contributed by atoms with E-state index >= 15 is 0 Å². The van der Waals surface area contributed by atoms with Crippen LogP contribution in [-0.2, 0) is 9.57 Å². The zero-order valence-corrected chi connectivity index (χ0v) is 19.1. The molecule has 174 valence electrons. The summed E-state index contributed by atoms with van der Waals surface area (Å²) in [5.41, 5.74) is 5.44. The number of hydrogen-bond donors (Lipinski definition) is 2. The molecule has 8 heteroatoms. The first kappa shape index (κ1) is 22.9. The maximum absolute atomic E-state index is 13.4. The highest BCUT2D eigenvalue weighted by atomic mass is 16.6. The topological polar surface area (TPSA) is 100 Å². The SMILES string of the molecule is CO/N=C1/CC(CO)N(C(=O)c2ccc(-c3cccc(C)c3C)c(C(=O)NC3COC3)c2)C1. The number of carbonyl (C=O) groups is 2. The molecule has 2 heterocycles. The third-order valence-corrected chi connectivity index (χ3v) is 6.34. The van der Waals surface area contributed by atoms with Crippen LogP contribution in [0.1, 0.15) is 38.3 Å². The molecule has 0 bridgehead atoms. The van der Waals surface area contributed by atoms with Gasteiger partial charge in [0.05, 0.1) is 44.2 Å². The van der Waals surface area contributed by atoms with E-state index in [0.717, 1.165) is 22.3 Å². The quantitative estimate of drug-likeness (QED) is 0.657. The van der Waals surface area contributed by atoms with Crippen LogP contribution < -0.4 is 5.32 Å². The first-order chi connectivity index (χ1) is 15.9. The molecule has 8 nitrogen and oxygen atoms in total. The summed E-state index contributed by atoms with van der Waals surface area (Å²) in [6.45, 7) is 5.12. The Labute approximate surface area is 193 Å². The molecule has 2 saturated heterocycles. The molecule has 0 saturated carbocycles. The summed E-state index contributed by atoms with van der Waals surface area (Å²) in [7, 11) is 1.45. The molecule has 2 N–H and O–H groups in total. The predicted octanol–water partition coefficient (Wildman–Crippen LogP) is 2.31. The molecule has 2 fully saturated rings. The second kappa shape index (κ2) is 9.72. The number of nitrogens with one attached hydrogen (secondary N) is 1. The minimum absolute atomic E-state index is 0.0338. The van der Waals surface area contributed by atoms with Crippen LogP contribution in [0.3, 0.4) is 0 Å². The molecule has 0 aromatic heterocycles. The molecular weight excluding hydrogens is 422 g/mol. The largest absolute Gasteiger partial charge is 0.399 e. The fourth-order valence-electron chi connectivity index (χ4n) is 4.26. The molecule has 4 rings (SSSR count). The lowest BCUT2D eigenvalue weighted by atomic mass is 9.91. The van der Waals surface area contributed by atoms with Crippen LogP contribution in [0.5, 0.6) is 0 Å². The van der Waals surface area contributed by atoms with Gasteiger partial charge >= 0.3 is 0 Å². The average molecular weight is 452 g/mol. The maximum Gasteiger partial charge on any atom is 0.254 e. The summed E-state index contributed by atoms with van der Waals surface area (Å²) < 4.78 is 5.18. The highest BCUT2D eigenvalue weighted by Gasteiger charge is 2.34. The number of amides is 2. The van der Waals surface area contributed by atoms with Crippen molar-refractivity contribution in [2.45, 2.75) is 32.4 Å². The molecule has 1 unspecified atom stereocenters. The van der Waals surface area contributed by atoms with Gasteiger partial charge in [0.25, 0.3) is 11.8 Å². The Balaban J connectivity index is 1.72. The fraction of sp³-hybridized carbons (Fsp3) is 0.400. The third-order valence-electron chi connectivity index (χ3n) is 6.34. The first-order valence-electron chi connectivity index (χ1n) is 11.0. The molecule has 0 spiro atoms. The van der Waals surface area contributed by atoms with Gasteiger partial charge in [0.1, 0.15) is 7.11 Å². The molecule has 1 atom stereocenters. The Bertz CT molecular complexity index is 1090. The van der Waals surface area contributed by atoms with Crippen LogP contribution in [0.25, 0.3) is 11.1 Å². The van der Waals surface area contributed by atoms with E-state index in [-0.39, 0.29) is 37.0 Å². The van der Waals surface area contributed by atoms with Crippen molar-refractivity contribution in [3.63, 3.8) is 0 Å². The van der Waals surface area contributed by atoms with Gasteiger partial charge in [-0.15, -0.1) is 0 Å². The summed E-state index contributed by atoms with van der Waals surface area (Å²) in [6, 6.07) is 10.8. The van der Waals surface area contributed by atoms with E-state index in [9.17, 15) is 14.7 Å². The summed E-state index contributed by atoms with van der Waals surface area (Å²) in [5.74, 6) is -0.500. The molecule has 2 amide bonds. The van der Waals surface area contributed by atoms with Crippen molar-refractivity contribution in [3.8, 4) is 11.1 Å². The number of aliphatic hydroxyl groups is 1. The summed E-state index contributed by atoms with van der Waals surface area (Å²) >= 11 is 0. The molecule has 33 heavy (non-hydrogen) atoms. The summed E-state index contributed by atoms with van der Waals surface area (Å²) in [6.07, 6.45) is 0.450. The number of hydrogen-bond acceptors (Lipinski definition) is 6. The number of aryl methyl sites for hydroxylation is 1. The molecule has 0 aliphatic carbocycles. The first-order valence-corrected chi connectivity index (χ1v) is 11.0. The predicted molar refractivity (Wildman–Crippen MR) is 124 cm³/mol. The monoisotopic (exact) mass is 451 g/mol. The van der Waals surface area contributed by atoms with Crippen LogP contribution in [0.4, 0.5) is 0 Å². The van der Waals surface area contributed by atoms with Crippen LogP contribution >= 0.6 is 0 Å². The number of benzene rings is 2. The highest BCUT2D eigenvalue weighted by molar-refractivity contribution is 6.06. The Kier molecular flexibility index (Phi) is 6.76. The van der Waals surface area contributed by atoms with Crippen LogP contribution in [0.2, 0.25) is 0 Å². The number of nitrogens with zero attached hydrogens (tertiary/aromatic N) is 2. The lowest BCUT2D eigenvalue weighted by Gasteiger charge is -2.27. The zero-order chi connectivity index (χ0) is 23.5. The van der Waals surface area contributed by atoms with E-state index in [1.165, 1.54) is 7.11 Å². The lowest BCUT2D eigenvalue weighted by Crippen LogP contribution is -2.48. The van der Waals surface area contributed by atoms with Crippen LogP contribution in [-0.4, -0.2) is 73.1 Å². The number of rotatable bonds is 6.